The van der Waals surface area contributed by atoms with Gasteiger partial charge in [-0.3, -0.25) is 0 Å². The van der Waals surface area contributed by atoms with Crippen LogP contribution in [0.1, 0.15) is 17.9 Å². The van der Waals surface area contributed by atoms with Crippen LogP contribution < -0.4 is 5.73 Å². The van der Waals surface area contributed by atoms with E-state index >= 15 is 0 Å². The molecule has 0 spiro atoms. The van der Waals surface area contributed by atoms with E-state index in [2.05, 4.69) is 0 Å². The molecule has 0 unspecified atom stereocenters. The van der Waals surface area contributed by atoms with Gasteiger partial charge in [0, 0.05) is 5.02 Å². The summed E-state index contributed by atoms with van der Waals surface area (Å²) in [6, 6.07) is 4.85. The topological polar surface area (TPSA) is 26.0 Å². The first-order valence-electron chi connectivity index (χ1n) is 4.37. The number of rotatable bonds is 2. The van der Waals surface area contributed by atoms with E-state index in [1.807, 2.05) is 0 Å². The Hall–Kier alpha value is -0.600. The zero-order valence-electron chi connectivity index (χ0n) is 7.13. The maximum atomic E-state index is 13.3. The molecule has 1 aliphatic carbocycles. The van der Waals surface area contributed by atoms with Crippen LogP contribution in [-0.2, 0) is 0 Å². The average molecular weight is 200 g/mol. The van der Waals surface area contributed by atoms with Crippen LogP contribution in [0.25, 0.3) is 0 Å². The molecule has 13 heavy (non-hydrogen) atoms. The third-order valence-corrected chi connectivity index (χ3v) is 2.82. The van der Waals surface area contributed by atoms with Crippen LogP contribution >= 0.6 is 11.6 Å². The predicted octanol–water partition coefficient (Wildman–Crippen LogP) is 2.54. The lowest BCUT2D eigenvalue weighted by Crippen LogP contribution is -2.02. The normalized spacial score (nSPS) is 26.1. The summed E-state index contributed by atoms with van der Waals surface area (Å²) in [7, 11) is 0. The van der Waals surface area contributed by atoms with Gasteiger partial charge in [0.25, 0.3) is 0 Å². The maximum Gasteiger partial charge on any atom is 0.128 e. The molecule has 1 nitrogen and oxygen atoms in total. The Morgan fingerprint density at radius 1 is 1.54 bits per heavy atom. The molecule has 0 saturated heterocycles. The molecule has 2 atom stereocenters. The highest BCUT2D eigenvalue weighted by molar-refractivity contribution is 6.30. The van der Waals surface area contributed by atoms with Gasteiger partial charge in [-0.2, -0.15) is 0 Å². The van der Waals surface area contributed by atoms with E-state index in [9.17, 15) is 4.39 Å². The van der Waals surface area contributed by atoms with E-state index in [4.69, 9.17) is 17.3 Å². The fourth-order valence-electron chi connectivity index (χ4n) is 1.69. The summed E-state index contributed by atoms with van der Waals surface area (Å²) in [5.74, 6) is 0.589. The fourth-order valence-corrected chi connectivity index (χ4v) is 1.85. The minimum absolute atomic E-state index is 0.201. The lowest BCUT2D eigenvalue weighted by Gasteiger charge is -2.01. The summed E-state index contributed by atoms with van der Waals surface area (Å²) in [6.45, 7) is 0.646. The molecular formula is C10H11ClFN. The molecule has 1 aromatic rings. The molecule has 3 heteroatoms. The Kier molecular flexibility index (Phi) is 2.26. The molecule has 70 valence electrons. The van der Waals surface area contributed by atoms with Crippen LogP contribution in [0, 0.1) is 11.7 Å². The van der Waals surface area contributed by atoms with Gasteiger partial charge in [0.2, 0.25) is 0 Å². The van der Waals surface area contributed by atoms with Crippen LogP contribution in [0.15, 0.2) is 18.2 Å². The molecule has 1 aliphatic rings. The Labute approximate surface area is 81.7 Å². The predicted molar refractivity (Wildman–Crippen MR) is 51.3 cm³/mol. The van der Waals surface area contributed by atoms with Crippen molar-refractivity contribution in [1.29, 1.82) is 0 Å². The average Bonchev–Trinajstić information content (AvgIpc) is 2.83. The van der Waals surface area contributed by atoms with Crippen LogP contribution in [-0.4, -0.2) is 6.54 Å². The number of benzene rings is 1. The molecular weight excluding hydrogens is 189 g/mol. The van der Waals surface area contributed by atoms with Gasteiger partial charge in [0.1, 0.15) is 5.82 Å². The third kappa shape index (κ3) is 1.69. The summed E-state index contributed by atoms with van der Waals surface area (Å²) in [5, 5.41) is 0.450. The summed E-state index contributed by atoms with van der Waals surface area (Å²) >= 11 is 5.65. The van der Waals surface area contributed by atoms with Gasteiger partial charge in [-0.15, -0.1) is 0 Å². The molecule has 1 aromatic carbocycles. The zero-order chi connectivity index (χ0) is 9.42. The van der Waals surface area contributed by atoms with E-state index in [0.29, 0.717) is 23.4 Å². The van der Waals surface area contributed by atoms with Crippen LogP contribution in [0.2, 0.25) is 5.02 Å². The molecule has 0 aromatic heterocycles. The molecule has 0 heterocycles. The number of hydrogen-bond acceptors (Lipinski definition) is 1. The van der Waals surface area contributed by atoms with Gasteiger partial charge in [-0.1, -0.05) is 17.7 Å². The van der Waals surface area contributed by atoms with Gasteiger partial charge in [0.15, 0.2) is 0 Å². The largest absolute Gasteiger partial charge is 0.330 e. The number of halogens is 2. The summed E-state index contributed by atoms with van der Waals surface area (Å²) in [4.78, 5) is 0. The van der Waals surface area contributed by atoms with Crippen LogP contribution in [0.4, 0.5) is 4.39 Å². The fraction of sp³-hybridized carbons (Fsp3) is 0.400. The molecule has 0 bridgehead atoms. The number of hydrogen-bond donors (Lipinski definition) is 1. The van der Waals surface area contributed by atoms with Crippen molar-refractivity contribution >= 4 is 11.6 Å². The minimum atomic E-state index is -0.201. The van der Waals surface area contributed by atoms with E-state index in [-0.39, 0.29) is 5.82 Å². The van der Waals surface area contributed by atoms with Crippen molar-refractivity contribution in [2.45, 2.75) is 12.3 Å². The Balaban J connectivity index is 2.22. The zero-order valence-corrected chi connectivity index (χ0v) is 7.89. The highest BCUT2D eigenvalue weighted by Gasteiger charge is 2.38. The Morgan fingerprint density at radius 3 is 2.85 bits per heavy atom. The van der Waals surface area contributed by atoms with Gasteiger partial charge in [0.05, 0.1) is 0 Å². The standard InChI is InChI=1S/C10H11ClFN/c11-7-1-2-8(10(12)4-7)9-3-6(9)5-13/h1-2,4,6,9H,3,5,13H2/t6-,9+/m0/s1. The summed E-state index contributed by atoms with van der Waals surface area (Å²) < 4.78 is 13.3. The second-order valence-electron chi connectivity index (χ2n) is 3.50. The molecule has 0 radical (unpaired) electrons. The van der Waals surface area contributed by atoms with E-state index in [1.54, 1.807) is 12.1 Å². The highest BCUT2D eigenvalue weighted by atomic mass is 35.5. The molecule has 0 amide bonds. The first kappa shape index (κ1) is 8.97. The lowest BCUT2D eigenvalue weighted by molar-refractivity contribution is 0.606. The Morgan fingerprint density at radius 2 is 2.31 bits per heavy atom. The van der Waals surface area contributed by atoms with Crippen molar-refractivity contribution < 1.29 is 4.39 Å². The smallest absolute Gasteiger partial charge is 0.128 e. The third-order valence-electron chi connectivity index (χ3n) is 2.59. The molecule has 2 N–H and O–H groups in total. The quantitative estimate of drug-likeness (QED) is 0.779. The minimum Gasteiger partial charge on any atom is -0.330 e. The van der Waals surface area contributed by atoms with Crippen molar-refractivity contribution in [3.8, 4) is 0 Å². The molecule has 1 fully saturated rings. The van der Waals surface area contributed by atoms with E-state index in [0.717, 1.165) is 12.0 Å². The van der Waals surface area contributed by atoms with Gasteiger partial charge in [-0.25, -0.2) is 4.39 Å². The van der Waals surface area contributed by atoms with Crippen molar-refractivity contribution in [2.75, 3.05) is 6.54 Å². The monoisotopic (exact) mass is 199 g/mol. The first-order chi connectivity index (χ1) is 6.22. The highest BCUT2D eigenvalue weighted by Crippen LogP contribution is 2.47. The van der Waals surface area contributed by atoms with Crippen molar-refractivity contribution in [3.05, 3.63) is 34.6 Å². The van der Waals surface area contributed by atoms with Gasteiger partial charge >= 0.3 is 0 Å². The van der Waals surface area contributed by atoms with Crippen LogP contribution in [0.3, 0.4) is 0 Å². The Bertz CT molecular complexity index is 327. The van der Waals surface area contributed by atoms with Crippen molar-refractivity contribution in [3.63, 3.8) is 0 Å². The van der Waals surface area contributed by atoms with Crippen molar-refractivity contribution in [1.82, 2.24) is 0 Å². The second kappa shape index (κ2) is 3.28. The van der Waals surface area contributed by atoms with E-state index in [1.165, 1.54) is 6.07 Å². The van der Waals surface area contributed by atoms with Crippen molar-refractivity contribution in [2.24, 2.45) is 11.7 Å². The molecule has 1 saturated carbocycles. The van der Waals surface area contributed by atoms with Gasteiger partial charge in [-0.05, 0) is 42.5 Å². The molecule has 2 rings (SSSR count). The van der Waals surface area contributed by atoms with Gasteiger partial charge < -0.3 is 5.73 Å². The first-order valence-corrected chi connectivity index (χ1v) is 4.75. The lowest BCUT2D eigenvalue weighted by atomic mass is 10.1. The van der Waals surface area contributed by atoms with Crippen LogP contribution in [0.5, 0.6) is 0 Å². The SMILES string of the molecule is NC[C@@H]1C[C@H]1c1ccc(Cl)cc1F. The molecule has 0 aliphatic heterocycles. The summed E-state index contributed by atoms with van der Waals surface area (Å²) in [6.07, 6.45) is 1.01. The summed E-state index contributed by atoms with van der Waals surface area (Å²) in [5.41, 5.74) is 6.26. The maximum absolute atomic E-state index is 13.3. The number of nitrogens with two attached hydrogens (primary N) is 1. The second-order valence-corrected chi connectivity index (χ2v) is 3.94. The van der Waals surface area contributed by atoms with E-state index < -0.39 is 0 Å².